The van der Waals surface area contributed by atoms with Crippen LogP contribution in [-0.2, 0) is 12.7 Å². The van der Waals surface area contributed by atoms with Crippen molar-refractivity contribution in [3.8, 4) is 0 Å². The van der Waals surface area contributed by atoms with E-state index >= 15 is 0 Å². The van der Waals surface area contributed by atoms with Gasteiger partial charge in [0.15, 0.2) is 5.69 Å². The molecule has 5 nitrogen and oxygen atoms in total. The molecule has 0 spiro atoms. The van der Waals surface area contributed by atoms with E-state index in [-0.39, 0.29) is 12.2 Å². The summed E-state index contributed by atoms with van der Waals surface area (Å²) in [6, 6.07) is 5.40. The molecule has 8 heteroatoms. The molecule has 1 aromatic heterocycles. The molecule has 0 N–H and O–H groups in total. The number of benzene rings is 1. The van der Waals surface area contributed by atoms with Gasteiger partial charge in [0.2, 0.25) is 0 Å². The summed E-state index contributed by atoms with van der Waals surface area (Å²) in [7, 11) is 0. The lowest BCUT2D eigenvalue weighted by molar-refractivity contribution is -0.385. The zero-order valence-corrected chi connectivity index (χ0v) is 11.3. The van der Waals surface area contributed by atoms with E-state index in [4.69, 9.17) is 0 Å². The molecule has 0 saturated carbocycles. The third kappa shape index (κ3) is 3.21. The van der Waals surface area contributed by atoms with Gasteiger partial charge in [0.05, 0.1) is 11.5 Å². The van der Waals surface area contributed by atoms with E-state index < -0.39 is 16.8 Å². The Kier molecular flexibility index (Phi) is 3.71. The molecular weight excluding hydrogens is 287 g/mol. The summed E-state index contributed by atoms with van der Waals surface area (Å²) in [5.41, 5.74) is 0.514. The van der Waals surface area contributed by atoms with Gasteiger partial charge in [-0.2, -0.15) is 18.3 Å². The Morgan fingerprint density at radius 1 is 1.29 bits per heavy atom. The molecule has 0 unspecified atom stereocenters. The van der Waals surface area contributed by atoms with Crippen LogP contribution in [0, 0.1) is 24.0 Å². The van der Waals surface area contributed by atoms with E-state index in [2.05, 4.69) is 5.10 Å². The van der Waals surface area contributed by atoms with Crippen LogP contribution in [-0.4, -0.2) is 14.7 Å². The van der Waals surface area contributed by atoms with Gasteiger partial charge in [0.25, 0.3) is 5.69 Å². The molecule has 1 heterocycles. The molecule has 0 fully saturated rings. The van der Waals surface area contributed by atoms with Crippen molar-refractivity contribution in [2.75, 3.05) is 0 Å². The van der Waals surface area contributed by atoms with Gasteiger partial charge in [0.1, 0.15) is 0 Å². The number of nitro benzene ring substituents is 1. The van der Waals surface area contributed by atoms with E-state index in [0.717, 1.165) is 6.07 Å². The number of halogens is 3. The maximum Gasteiger partial charge on any atom is 0.435 e. The Morgan fingerprint density at radius 2 is 1.95 bits per heavy atom. The number of alkyl halides is 3. The highest BCUT2D eigenvalue weighted by Crippen LogP contribution is 2.28. The van der Waals surface area contributed by atoms with Gasteiger partial charge in [-0.3, -0.25) is 14.8 Å². The molecule has 112 valence electrons. The molecule has 0 bridgehead atoms. The van der Waals surface area contributed by atoms with Crippen molar-refractivity contribution in [3.63, 3.8) is 0 Å². The Morgan fingerprint density at radius 3 is 2.43 bits per heavy atom. The standard InChI is InChI=1S/C13H12F3N3O2/c1-8-5-10(3-4-11(8)19(20)21)7-18-9(2)6-12(17-18)13(14,15)16/h3-6H,7H2,1-2H3. The Bertz CT molecular complexity index is 692. The van der Waals surface area contributed by atoms with Crippen molar-refractivity contribution in [3.05, 3.63) is 56.9 Å². The van der Waals surface area contributed by atoms with E-state index in [0.29, 0.717) is 16.8 Å². The first-order chi connectivity index (χ1) is 9.68. The number of nitro groups is 1. The lowest BCUT2D eigenvalue weighted by Crippen LogP contribution is -2.09. The zero-order chi connectivity index (χ0) is 15.8. The minimum absolute atomic E-state index is 0.0214. The van der Waals surface area contributed by atoms with Crippen LogP contribution in [0.1, 0.15) is 22.5 Å². The number of hydrogen-bond donors (Lipinski definition) is 0. The minimum atomic E-state index is -4.48. The SMILES string of the molecule is Cc1cc(Cn2nc(C(F)(F)F)cc2C)ccc1[N+](=O)[O-]. The Hall–Kier alpha value is -2.38. The van der Waals surface area contributed by atoms with Gasteiger partial charge in [-0.1, -0.05) is 6.07 Å². The lowest BCUT2D eigenvalue weighted by atomic mass is 10.1. The molecule has 0 aliphatic carbocycles. The predicted molar refractivity (Wildman–Crippen MR) is 68.9 cm³/mol. The average Bonchev–Trinajstić information content (AvgIpc) is 2.70. The highest BCUT2D eigenvalue weighted by molar-refractivity contribution is 5.41. The topological polar surface area (TPSA) is 61.0 Å². The Balaban J connectivity index is 2.29. The molecule has 0 saturated heterocycles. The third-order valence-electron chi connectivity index (χ3n) is 3.06. The van der Waals surface area contributed by atoms with Crippen LogP contribution in [0.3, 0.4) is 0 Å². The van der Waals surface area contributed by atoms with Crippen molar-refractivity contribution in [1.29, 1.82) is 0 Å². The van der Waals surface area contributed by atoms with Gasteiger partial charge in [0, 0.05) is 17.3 Å². The second-order valence-corrected chi connectivity index (χ2v) is 4.70. The largest absolute Gasteiger partial charge is 0.435 e. The van der Waals surface area contributed by atoms with Gasteiger partial charge in [-0.05, 0) is 31.5 Å². The predicted octanol–water partition coefficient (Wildman–Crippen LogP) is 3.48. The molecule has 2 aromatic rings. The second kappa shape index (κ2) is 5.19. The van der Waals surface area contributed by atoms with Gasteiger partial charge in [-0.15, -0.1) is 0 Å². The fourth-order valence-electron chi connectivity index (χ4n) is 2.00. The van der Waals surface area contributed by atoms with E-state index in [1.807, 2.05) is 0 Å². The third-order valence-corrected chi connectivity index (χ3v) is 3.06. The van der Waals surface area contributed by atoms with Crippen LogP contribution in [0.4, 0.5) is 18.9 Å². The average molecular weight is 299 g/mol. The molecule has 0 atom stereocenters. The van der Waals surface area contributed by atoms with Crippen molar-refractivity contribution in [1.82, 2.24) is 9.78 Å². The molecule has 0 radical (unpaired) electrons. The normalized spacial score (nSPS) is 11.7. The fraction of sp³-hybridized carbons (Fsp3) is 0.308. The fourth-order valence-corrected chi connectivity index (χ4v) is 2.00. The second-order valence-electron chi connectivity index (χ2n) is 4.70. The first-order valence-corrected chi connectivity index (χ1v) is 6.04. The van der Waals surface area contributed by atoms with Gasteiger partial charge >= 0.3 is 6.18 Å². The summed E-state index contributed by atoms with van der Waals surface area (Å²) in [5.74, 6) is 0. The van der Waals surface area contributed by atoms with Crippen molar-refractivity contribution >= 4 is 5.69 Å². The van der Waals surface area contributed by atoms with E-state index in [1.54, 1.807) is 13.0 Å². The molecule has 0 amide bonds. The first-order valence-electron chi connectivity index (χ1n) is 6.04. The number of nitrogens with zero attached hydrogens (tertiary/aromatic N) is 3. The molecule has 2 rings (SSSR count). The first kappa shape index (κ1) is 15.0. The summed E-state index contributed by atoms with van der Waals surface area (Å²) < 4.78 is 39.0. The van der Waals surface area contributed by atoms with Crippen LogP contribution < -0.4 is 0 Å². The van der Waals surface area contributed by atoms with Gasteiger partial charge in [-0.25, -0.2) is 0 Å². The molecule has 21 heavy (non-hydrogen) atoms. The number of rotatable bonds is 3. The van der Waals surface area contributed by atoms with Crippen LogP contribution in [0.15, 0.2) is 24.3 Å². The lowest BCUT2D eigenvalue weighted by Gasteiger charge is -2.06. The van der Waals surface area contributed by atoms with Crippen LogP contribution in [0.5, 0.6) is 0 Å². The smallest absolute Gasteiger partial charge is 0.265 e. The summed E-state index contributed by atoms with van der Waals surface area (Å²) in [5, 5.41) is 14.2. The summed E-state index contributed by atoms with van der Waals surface area (Å²) in [6.07, 6.45) is -4.48. The molecule has 0 aliphatic rings. The van der Waals surface area contributed by atoms with Crippen molar-refractivity contribution in [2.24, 2.45) is 0 Å². The number of hydrogen-bond acceptors (Lipinski definition) is 3. The number of aromatic nitrogens is 2. The monoisotopic (exact) mass is 299 g/mol. The summed E-state index contributed by atoms with van der Waals surface area (Å²) >= 11 is 0. The van der Waals surface area contributed by atoms with Crippen molar-refractivity contribution < 1.29 is 18.1 Å². The van der Waals surface area contributed by atoms with Gasteiger partial charge < -0.3 is 0 Å². The molecule has 0 aliphatic heterocycles. The number of aryl methyl sites for hydroxylation is 2. The molecule has 1 aromatic carbocycles. The van der Waals surface area contributed by atoms with E-state index in [9.17, 15) is 23.3 Å². The zero-order valence-electron chi connectivity index (χ0n) is 11.3. The quantitative estimate of drug-likeness (QED) is 0.644. The van der Waals surface area contributed by atoms with Crippen LogP contribution in [0.25, 0.3) is 0 Å². The van der Waals surface area contributed by atoms with Crippen LogP contribution in [0.2, 0.25) is 0 Å². The highest BCUT2D eigenvalue weighted by atomic mass is 19.4. The minimum Gasteiger partial charge on any atom is -0.265 e. The molecular formula is C13H12F3N3O2. The summed E-state index contributed by atoms with van der Waals surface area (Å²) in [6.45, 7) is 3.24. The van der Waals surface area contributed by atoms with E-state index in [1.165, 1.54) is 23.7 Å². The van der Waals surface area contributed by atoms with Crippen LogP contribution >= 0.6 is 0 Å². The van der Waals surface area contributed by atoms with Crippen molar-refractivity contribution in [2.45, 2.75) is 26.6 Å². The summed E-state index contributed by atoms with van der Waals surface area (Å²) in [4.78, 5) is 10.2. The highest BCUT2D eigenvalue weighted by Gasteiger charge is 2.34. The maximum absolute atomic E-state index is 12.6. The maximum atomic E-state index is 12.6. The Labute approximate surface area is 118 Å².